The number of nitriles is 1. The number of hydrogen-bond acceptors (Lipinski definition) is 3. The first-order chi connectivity index (χ1) is 2.41. The Hall–Kier alpha value is 0.190. The molecule has 0 bridgehead atoms. The molecule has 0 fully saturated rings. The van der Waals surface area contributed by atoms with Crippen LogP contribution in [0.5, 0.6) is 0 Å². The molecule has 0 unspecified atom stereocenters. The fourth-order valence-corrected chi connectivity index (χ4v) is 0.260. The molecule has 0 N–H and O–H groups in total. The molecule has 0 radical (unpaired) electrons. The van der Waals surface area contributed by atoms with Gasteiger partial charge in [0.25, 0.3) is 0 Å². The van der Waals surface area contributed by atoms with E-state index in [9.17, 15) is 0 Å². The Labute approximate surface area is 40.8 Å². The van der Waals surface area contributed by atoms with Crippen LogP contribution in [0.4, 0.5) is 0 Å². The number of hydrogen-bond donors (Lipinski definition) is 1. The van der Waals surface area contributed by atoms with Gasteiger partial charge < -0.3 is 0 Å². The summed E-state index contributed by atoms with van der Waals surface area (Å²) in [6.07, 6.45) is 0. The molecular formula is C2H3NS2. The van der Waals surface area contributed by atoms with Crippen molar-refractivity contribution >= 4 is 24.4 Å². The molecule has 0 aliphatic carbocycles. The Morgan fingerprint density at radius 2 is 2.60 bits per heavy atom. The van der Waals surface area contributed by atoms with Crippen LogP contribution in [0.3, 0.4) is 0 Å². The minimum atomic E-state index is 0.594. The van der Waals surface area contributed by atoms with Crippen LogP contribution in [0.1, 0.15) is 0 Å². The van der Waals surface area contributed by atoms with Crippen LogP contribution in [0.2, 0.25) is 0 Å². The molecule has 0 aromatic rings. The van der Waals surface area contributed by atoms with E-state index in [1.54, 1.807) is 0 Å². The molecule has 0 amide bonds. The second-order valence-electron chi connectivity index (χ2n) is 0.365. The van der Waals surface area contributed by atoms with E-state index in [-0.39, 0.29) is 0 Å². The Morgan fingerprint density at radius 1 is 2.00 bits per heavy atom. The number of thiol groups is 1. The zero-order valence-corrected chi connectivity index (χ0v) is 4.22. The smallest absolute Gasteiger partial charge is 0.134 e. The maximum atomic E-state index is 7.73. The van der Waals surface area contributed by atoms with Gasteiger partial charge in [0.15, 0.2) is 0 Å². The van der Waals surface area contributed by atoms with Crippen LogP contribution < -0.4 is 0 Å². The summed E-state index contributed by atoms with van der Waals surface area (Å²) in [5, 5.41) is 10.2. The second-order valence-corrected chi connectivity index (χ2v) is 1.87. The summed E-state index contributed by atoms with van der Waals surface area (Å²) in [4.78, 5) is 0. The summed E-state index contributed by atoms with van der Waals surface area (Å²) in [6, 6.07) is 0. The molecule has 0 atom stereocenters. The molecule has 0 aliphatic heterocycles. The Balaban J connectivity index is 2.48. The lowest BCUT2D eigenvalue weighted by atomic mass is 11.8. The highest BCUT2D eigenvalue weighted by atomic mass is 32.2. The van der Waals surface area contributed by atoms with Gasteiger partial charge in [-0.1, -0.05) is 0 Å². The minimum absolute atomic E-state index is 0.594. The predicted molar refractivity (Wildman–Crippen MR) is 27.1 cm³/mol. The Bertz CT molecular complexity index is 46.1. The number of thiocyanates is 1. The molecular weight excluding hydrogens is 102 g/mol. The summed E-state index contributed by atoms with van der Waals surface area (Å²) in [6.45, 7) is 0. The van der Waals surface area contributed by atoms with Crippen LogP contribution >= 0.6 is 24.4 Å². The summed E-state index contributed by atoms with van der Waals surface area (Å²) >= 11 is 4.87. The standard InChI is InChI=1S/C2H3NS2/c3-1-5-2-4/h4H,2H2. The average molecular weight is 105 g/mol. The predicted octanol–water partition coefficient (Wildman–Crippen LogP) is 1.09. The summed E-state index contributed by atoms with van der Waals surface area (Å²) < 4.78 is 0. The van der Waals surface area contributed by atoms with Crippen molar-refractivity contribution in [3.63, 3.8) is 0 Å². The fourth-order valence-electron chi connectivity index (χ4n) is 0.0289. The molecule has 0 aromatic heterocycles. The average Bonchev–Trinajstić information content (AvgIpc) is 1.41. The van der Waals surface area contributed by atoms with Crippen LogP contribution in [0, 0.1) is 10.7 Å². The molecule has 1 nitrogen and oxygen atoms in total. The number of thioether (sulfide) groups is 1. The zero-order chi connectivity index (χ0) is 4.12. The summed E-state index contributed by atoms with van der Waals surface area (Å²) in [5.74, 6) is 0. The fraction of sp³-hybridized carbons (Fsp3) is 0.500. The van der Waals surface area contributed by atoms with Gasteiger partial charge in [0.05, 0.1) is 5.08 Å². The lowest BCUT2D eigenvalue weighted by Crippen LogP contribution is -1.45. The number of rotatable bonds is 1. The van der Waals surface area contributed by atoms with Gasteiger partial charge in [-0.05, 0) is 11.8 Å². The molecule has 3 heteroatoms. The van der Waals surface area contributed by atoms with Gasteiger partial charge in [-0.3, -0.25) is 0 Å². The Morgan fingerprint density at radius 3 is 2.60 bits per heavy atom. The van der Waals surface area contributed by atoms with Gasteiger partial charge in [0.1, 0.15) is 5.40 Å². The van der Waals surface area contributed by atoms with Crippen molar-refractivity contribution in [1.29, 1.82) is 5.26 Å². The van der Waals surface area contributed by atoms with E-state index in [0.29, 0.717) is 5.08 Å². The van der Waals surface area contributed by atoms with Gasteiger partial charge in [0, 0.05) is 0 Å². The van der Waals surface area contributed by atoms with Crippen molar-refractivity contribution < 1.29 is 0 Å². The van der Waals surface area contributed by atoms with Crippen LogP contribution in [0.15, 0.2) is 0 Å². The summed E-state index contributed by atoms with van der Waals surface area (Å²) in [5.41, 5.74) is 0. The third-order valence-electron chi connectivity index (χ3n) is 0.129. The third-order valence-corrected chi connectivity index (χ3v) is 0.775. The van der Waals surface area contributed by atoms with Crippen molar-refractivity contribution in [1.82, 2.24) is 0 Å². The van der Waals surface area contributed by atoms with Crippen molar-refractivity contribution in [3.05, 3.63) is 0 Å². The Kier molecular flexibility index (Phi) is 4.35. The van der Waals surface area contributed by atoms with Gasteiger partial charge in [-0.25, -0.2) is 0 Å². The van der Waals surface area contributed by atoms with E-state index < -0.39 is 0 Å². The van der Waals surface area contributed by atoms with Crippen molar-refractivity contribution in [3.8, 4) is 5.40 Å². The molecule has 28 valence electrons. The minimum Gasteiger partial charge on any atom is -0.185 e. The highest BCUT2D eigenvalue weighted by Gasteiger charge is 1.66. The van der Waals surface area contributed by atoms with Crippen LogP contribution in [0.25, 0.3) is 0 Å². The number of nitrogens with zero attached hydrogens (tertiary/aromatic N) is 1. The molecule has 0 heterocycles. The van der Waals surface area contributed by atoms with Crippen molar-refractivity contribution in [2.24, 2.45) is 0 Å². The van der Waals surface area contributed by atoms with Gasteiger partial charge >= 0.3 is 0 Å². The molecule has 5 heavy (non-hydrogen) atoms. The quantitative estimate of drug-likeness (QED) is 0.306. The van der Waals surface area contributed by atoms with E-state index in [2.05, 4.69) is 12.6 Å². The monoisotopic (exact) mass is 105 g/mol. The maximum Gasteiger partial charge on any atom is 0.134 e. The van der Waals surface area contributed by atoms with Gasteiger partial charge in [-0.2, -0.15) is 17.9 Å². The molecule has 0 rings (SSSR count). The van der Waals surface area contributed by atoms with E-state index in [4.69, 9.17) is 5.26 Å². The first-order valence-corrected chi connectivity index (χ1v) is 2.65. The largest absolute Gasteiger partial charge is 0.185 e. The topological polar surface area (TPSA) is 23.8 Å². The highest BCUT2D eigenvalue weighted by Crippen LogP contribution is 1.94. The molecule has 0 saturated carbocycles. The van der Waals surface area contributed by atoms with Crippen molar-refractivity contribution in [2.75, 3.05) is 5.08 Å². The lowest BCUT2D eigenvalue weighted by Gasteiger charge is -1.65. The third kappa shape index (κ3) is 4.19. The molecule has 0 spiro atoms. The molecule has 0 aliphatic rings. The van der Waals surface area contributed by atoms with Crippen LogP contribution in [-0.4, -0.2) is 5.08 Å². The van der Waals surface area contributed by atoms with E-state index in [0.717, 1.165) is 11.8 Å². The SMILES string of the molecule is N#CSCS. The second kappa shape index (κ2) is 4.19. The zero-order valence-electron chi connectivity index (χ0n) is 2.51. The lowest BCUT2D eigenvalue weighted by molar-refractivity contribution is 1.57. The maximum absolute atomic E-state index is 7.73. The van der Waals surface area contributed by atoms with Gasteiger partial charge in [0.2, 0.25) is 0 Å². The molecule has 0 saturated heterocycles. The van der Waals surface area contributed by atoms with Crippen molar-refractivity contribution in [2.45, 2.75) is 0 Å². The first kappa shape index (κ1) is 5.19. The first-order valence-electron chi connectivity index (χ1n) is 1.03. The van der Waals surface area contributed by atoms with E-state index >= 15 is 0 Å². The van der Waals surface area contributed by atoms with E-state index in [1.165, 1.54) is 0 Å². The van der Waals surface area contributed by atoms with Gasteiger partial charge in [-0.15, -0.1) is 0 Å². The van der Waals surface area contributed by atoms with E-state index in [1.807, 2.05) is 5.40 Å². The molecule has 0 aromatic carbocycles. The normalized spacial score (nSPS) is 6.40. The summed E-state index contributed by atoms with van der Waals surface area (Å²) in [7, 11) is 0. The van der Waals surface area contributed by atoms with Crippen LogP contribution in [-0.2, 0) is 0 Å². The highest BCUT2D eigenvalue weighted by molar-refractivity contribution is 8.12.